The number of benzene rings is 2. The number of amides is 2. The molecule has 0 aliphatic carbocycles. The first-order valence-corrected chi connectivity index (χ1v) is 11.8. The molecule has 1 aromatic heterocycles. The van der Waals surface area contributed by atoms with Gasteiger partial charge in [-0.3, -0.25) is 4.90 Å². The summed E-state index contributed by atoms with van der Waals surface area (Å²) < 4.78 is 15.6. The van der Waals surface area contributed by atoms with Gasteiger partial charge in [-0.1, -0.05) is 11.6 Å². The number of hydrogen-bond acceptors (Lipinski definition) is 3. The van der Waals surface area contributed by atoms with Gasteiger partial charge in [0.2, 0.25) is 0 Å². The molecule has 2 aliphatic rings. The lowest BCUT2D eigenvalue weighted by Gasteiger charge is -2.33. The van der Waals surface area contributed by atoms with Crippen LogP contribution < -0.4 is 0 Å². The molecular weight excluding hydrogens is 443 g/mol. The summed E-state index contributed by atoms with van der Waals surface area (Å²) in [4.78, 5) is 17.9. The van der Waals surface area contributed by atoms with Gasteiger partial charge in [0.15, 0.2) is 0 Å². The summed E-state index contributed by atoms with van der Waals surface area (Å²) in [5.41, 5.74) is 3.29. The fraction of sp³-hybridized carbons (Fsp3) is 0.400. The second kappa shape index (κ2) is 9.33. The van der Waals surface area contributed by atoms with Crippen LogP contribution in [0.25, 0.3) is 16.6 Å². The Balaban J connectivity index is 1.29. The van der Waals surface area contributed by atoms with Crippen molar-refractivity contribution in [1.29, 1.82) is 0 Å². The van der Waals surface area contributed by atoms with E-state index in [9.17, 15) is 14.3 Å². The lowest BCUT2D eigenvalue weighted by molar-refractivity contribution is 0.130. The third kappa shape index (κ3) is 4.45. The zero-order valence-corrected chi connectivity index (χ0v) is 19.2. The first kappa shape index (κ1) is 22.2. The molecule has 33 heavy (non-hydrogen) atoms. The van der Waals surface area contributed by atoms with Crippen molar-refractivity contribution in [3.8, 4) is 5.69 Å². The molecule has 1 N–H and O–H groups in total. The SMILES string of the molecule is O=C1N(CO)CCN1CCN1CCC(c2cn(-c3ccc(F)cc3)c3ccc(Cl)cc23)CC1. The number of urea groups is 1. The Bertz CT molecular complexity index is 1140. The van der Waals surface area contributed by atoms with Crippen LogP contribution in [0.2, 0.25) is 5.02 Å². The minimum absolute atomic E-state index is 0.0714. The highest BCUT2D eigenvalue weighted by atomic mass is 35.5. The Morgan fingerprint density at radius 2 is 1.70 bits per heavy atom. The smallest absolute Gasteiger partial charge is 0.322 e. The molecule has 2 saturated heterocycles. The molecule has 6 nitrogen and oxygen atoms in total. The van der Waals surface area contributed by atoms with Crippen molar-refractivity contribution in [2.75, 3.05) is 46.0 Å². The summed E-state index contributed by atoms with van der Waals surface area (Å²) in [6, 6.07) is 12.5. The molecule has 0 unspecified atom stereocenters. The van der Waals surface area contributed by atoms with Crippen LogP contribution in [-0.4, -0.2) is 76.4 Å². The maximum absolute atomic E-state index is 13.5. The third-order valence-electron chi connectivity index (χ3n) is 6.97. The van der Waals surface area contributed by atoms with Crippen LogP contribution >= 0.6 is 11.6 Å². The van der Waals surface area contributed by atoms with Gasteiger partial charge < -0.3 is 19.5 Å². The summed E-state index contributed by atoms with van der Waals surface area (Å²) in [5, 5.41) is 11.1. The molecule has 2 amide bonds. The summed E-state index contributed by atoms with van der Waals surface area (Å²) >= 11 is 6.35. The quantitative estimate of drug-likeness (QED) is 0.584. The normalized spacial score (nSPS) is 18.1. The average Bonchev–Trinajstić information content (AvgIpc) is 3.38. The zero-order valence-electron chi connectivity index (χ0n) is 18.5. The van der Waals surface area contributed by atoms with Gasteiger partial charge in [0.1, 0.15) is 12.5 Å². The maximum atomic E-state index is 13.5. The molecule has 8 heteroatoms. The van der Waals surface area contributed by atoms with Gasteiger partial charge in [-0.2, -0.15) is 0 Å². The Labute approximate surface area is 197 Å². The minimum atomic E-state index is -0.245. The molecule has 5 rings (SSSR count). The second-order valence-corrected chi connectivity index (χ2v) is 9.32. The Kier molecular flexibility index (Phi) is 6.27. The number of rotatable bonds is 6. The van der Waals surface area contributed by atoms with Crippen LogP contribution in [0.1, 0.15) is 24.3 Å². The van der Waals surface area contributed by atoms with E-state index >= 15 is 0 Å². The number of carbonyl (C=O) groups excluding carboxylic acids is 1. The molecular formula is C25H28ClFN4O2. The maximum Gasteiger partial charge on any atom is 0.322 e. The van der Waals surface area contributed by atoms with Gasteiger partial charge in [-0.15, -0.1) is 0 Å². The van der Waals surface area contributed by atoms with E-state index in [4.69, 9.17) is 11.6 Å². The number of halogens is 2. The lowest BCUT2D eigenvalue weighted by atomic mass is 9.89. The number of aromatic nitrogens is 1. The number of carbonyl (C=O) groups is 1. The van der Waals surface area contributed by atoms with Crippen LogP contribution in [0, 0.1) is 5.82 Å². The van der Waals surface area contributed by atoms with Gasteiger partial charge in [0, 0.05) is 48.5 Å². The van der Waals surface area contributed by atoms with Crippen molar-refractivity contribution in [3.63, 3.8) is 0 Å². The number of piperidine rings is 1. The Morgan fingerprint density at radius 1 is 0.970 bits per heavy atom. The molecule has 3 heterocycles. The summed E-state index contributed by atoms with van der Waals surface area (Å²) in [7, 11) is 0. The molecule has 0 spiro atoms. The van der Waals surface area contributed by atoms with Crippen LogP contribution in [0.15, 0.2) is 48.7 Å². The number of aliphatic hydroxyl groups is 1. The van der Waals surface area contributed by atoms with Crippen LogP contribution in [0.4, 0.5) is 9.18 Å². The number of fused-ring (bicyclic) bond motifs is 1. The van der Waals surface area contributed by atoms with Crippen molar-refractivity contribution >= 4 is 28.5 Å². The van der Waals surface area contributed by atoms with Gasteiger partial charge in [0.25, 0.3) is 0 Å². The van der Waals surface area contributed by atoms with Crippen molar-refractivity contribution in [1.82, 2.24) is 19.3 Å². The zero-order chi connectivity index (χ0) is 22.9. The fourth-order valence-corrected chi connectivity index (χ4v) is 5.24. The topological polar surface area (TPSA) is 52.0 Å². The van der Waals surface area contributed by atoms with E-state index in [0.29, 0.717) is 30.6 Å². The predicted molar refractivity (Wildman–Crippen MR) is 127 cm³/mol. The van der Waals surface area contributed by atoms with Crippen molar-refractivity contribution < 1.29 is 14.3 Å². The van der Waals surface area contributed by atoms with E-state index in [2.05, 4.69) is 15.7 Å². The van der Waals surface area contributed by atoms with E-state index in [-0.39, 0.29) is 18.6 Å². The summed E-state index contributed by atoms with van der Waals surface area (Å²) in [6.07, 6.45) is 4.25. The predicted octanol–water partition coefficient (Wildman–Crippen LogP) is 4.29. The highest BCUT2D eigenvalue weighted by Crippen LogP contribution is 2.37. The first-order valence-electron chi connectivity index (χ1n) is 11.5. The van der Waals surface area contributed by atoms with E-state index in [1.54, 1.807) is 12.1 Å². The fourth-order valence-electron chi connectivity index (χ4n) is 5.07. The highest BCUT2D eigenvalue weighted by molar-refractivity contribution is 6.31. The molecule has 174 valence electrons. The van der Waals surface area contributed by atoms with E-state index < -0.39 is 0 Å². The van der Waals surface area contributed by atoms with E-state index in [1.165, 1.54) is 22.6 Å². The van der Waals surface area contributed by atoms with E-state index in [0.717, 1.165) is 49.1 Å². The van der Waals surface area contributed by atoms with Crippen LogP contribution in [0.3, 0.4) is 0 Å². The third-order valence-corrected chi connectivity index (χ3v) is 7.20. The van der Waals surface area contributed by atoms with Gasteiger partial charge >= 0.3 is 6.03 Å². The highest BCUT2D eigenvalue weighted by Gasteiger charge is 2.29. The largest absolute Gasteiger partial charge is 0.376 e. The molecule has 2 aliphatic heterocycles. The lowest BCUT2D eigenvalue weighted by Crippen LogP contribution is -2.41. The number of nitrogens with zero attached hydrogens (tertiary/aromatic N) is 4. The van der Waals surface area contributed by atoms with Gasteiger partial charge in [0.05, 0.1) is 5.52 Å². The summed E-state index contributed by atoms with van der Waals surface area (Å²) in [5.74, 6) is 0.174. The molecule has 3 aromatic rings. The molecule has 0 radical (unpaired) electrons. The van der Waals surface area contributed by atoms with Crippen LogP contribution in [-0.2, 0) is 0 Å². The molecule has 2 aromatic carbocycles. The van der Waals surface area contributed by atoms with Crippen LogP contribution in [0.5, 0.6) is 0 Å². The second-order valence-electron chi connectivity index (χ2n) is 8.88. The van der Waals surface area contributed by atoms with Gasteiger partial charge in [-0.25, -0.2) is 9.18 Å². The Morgan fingerprint density at radius 3 is 2.39 bits per heavy atom. The standard InChI is InChI=1S/C25H28ClFN4O2/c26-19-1-6-24-22(15-19)23(16-31(24)21-4-2-20(27)3-5-21)18-7-9-28(10-8-18)11-12-29-13-14-30(17-32)25(29)33/h1-6,15-16,18,32H,7-14,17H2. The van der Waals surface area contributed by atoms with Gasteiger partial charge in [-0.05, 0) is 79.9 Å². The molecule has 2 fully saturated rings. The van der Waals surface area contributed by atoms with E-state index in [1.807, 2.05) is 23.1 Å². The number of aliphatic hydroxyl groups excluding tert-OH is 1. The number of hydrogen-bond donors (Lipinski definition) is 1. The minimum Gasteiger partial charge on any atom is -0.376 e. The molecule has 0 atom stereocenters. The average molecular weight is 471 g/mol. The van der Waals surface area contributed by atoms with Crippen molar-refractivity contribution in [2.45, 2.75) is 18.8 Å². The van der Waals surface area contributed by atoms with Crippen molar-refractivity contribution in [2.24, 2.45) is 0 Å². The first-order chi connectivity index (χ1) is 16.0. The number of likely N-dealkylation sites (tertiary alicyclic amines) is 1. The molecule has 0 bridgehead atoms. The Hall–Kier alpha value is -2.61. The molecule has 0 saturated carbocycles. The summed E-state index contributed by atoms with van der Waals surface area (Å²) in [6.45, 7) is 4.55. The monoisotopic (exact) mass is 470 g/mol. The van der Waals surface area contributed by atoms with Crippen molar-refractivity contribution in [3.05, 3.63) is 65.1 Å².